The van der Waals surface area contributed by atoms with Crippen molar-refractivity contribution >= 4 is 6.29 Å². The van der Waals surface area contributed by atoms with Crippen LogP contribution in [0.1, 0.15) is 33.1 Å². The second kappa shape index (κ2) is 4.53. The molecule has 0 N–H and O–H groups in total. The second-order valence-electron chi connectivity index (χ2n) is 4.13. The lowest BCUT2D eigenvalue weighted by atomic mass is 10.1. The third-order valence-electron chi connectivity index (χ3n) is 2.86. The summed E-state index contributed by atoms with van der Waals surface area (Å²) in [6.07, 6.45) is 4.09. The van der Waals surface area contributed by atoms with Crippen LogP contribution in [0, 0.1) is 13.8 Å². The maximum absolute atomic E-state index is 10.9. The summed E-state index contributed by atoms with van der Waals surface area (Å²) in [7, 11) is 1.81. The highest BCUT2D eigenvalue weighted by Gasteiger charge is 2.12. The summed E-state index contributed by atoms with van der Waals surface area (Å²) in [5, 5.41) is 8.18. The largest absolute Gasteiger partial charge is 0.361 e. The molecule has 0 aliphatic heterocycles. The molecular weight excluding hydrogens is 218 g/mol. The highest BCUT2D eigenvalue weighted by atomic mass is 16.5. The van der Waals surface area contributed by atoms with E-state index in [1.54, 1.807) is 10.9 Å². The van der Waals surface area contributed by atoms with Gasteiger partial charge < -0.3 is 4.52 Å². The predicted molar refractivity (Wildman–Crippen MR) is 62.0 cm³/mol. The number of aromatic nitrogens is 3. The minimum Gasteiger partial charge on any atom is -0.361 e. The first kappa shape index (κ1) is 11.6. The van der Waals surface area contributed by atoms with Crippen molar-refractivity contribution in [2.45, 2.75) is 26.7 Å². The minimum atomic E-state index is 0.652. The van der Waals surface area contributed by atoms with Crippen molar-refractivity contribution in [2.24, 2.45) is 7.05 Å². The van der Waals surface area contributed by atoms with Gasteiger partial charge in [0.2, 0.25) is 0 Å². The highest BCUT2D eigenvalue weighted by molar-refractivity contribution is 5.75. The summed E-state index contributed by atoms with van der Waals surface area (Å²) < 4.78 is 6.76. The van der Waals surface area contributed by atoms with Gasteiger partial charge in [0.05, 0.1) is 17.0 Å². The molecule has 0 amide bonds. The van der Waals surface area contributed by atoms with Crippen LogP contribution in [0.15, 0.2) is 10.7 Å². The third kappa shape index (κ3) is 2.27. The maximum Gasteiger partial charge on any atom is 0.153 e. The zero-order valence-corrected chi connectivity index (χ0v) is 10.2. The Morgan fingerprint density at radius 1 is 1.41 bits per heavy atom. The van der Waals surface area contributed by atoms with E-state index in [-0.39, 0.29) is 0 Å². The Labute approximate surface area is 99.4 Å². The van der Waals surface area contributed by atoms with Gasteiger partial charge in [0, 0.05) is 18.8 Å². The number of aryl methyl sites for hydroxylation is 4. The van der Waals surface area contributed by atoms with E-state index in [4.69, 9.17) is 4.52 Å². The Morgan fingerprint density at radius 3 is 2.76 bits per heavy atom. The van der Waals surface area contributed by atoms with Crippen LogP contribution in [-0.2, 0) is 19.9 Å². The van der Waals surface area contributed by atoms with Crippen molar-refractivity contribution in [1.82, 2.24) is 14.9 Å². The van der Waals surface area contributed by atoms with E-state index in [1.807, 2.05) is 20.9 Å². The van der Waals surface area contributed by atoms with E-state index in [0.717, 1.165) is 41.8 Å². The summed E-state index contributed by atoms with van der Waals surface area (Å²) in [4.78, 5) is 10.9. The lowest BCUT2D eigenvalue weighted by Gasteiger charge is -1.98. The third-order valence-corrected chi connectivity index (χ3v) is 2.86. The zero-order valence-electron chi connectivity index (χ0n) is 10.2. The first-order valence-electron chi connectivity index (χ1n) is 5.51. The topological polar surface area (TPSA) is 60.9 Å². The fraction of sp³-hybridized carbons (Fsp3) is 0.417. The Kier molecular flexibility index (Phi) is 3.08. The molecular formula is C12H15N3O2. The van der Waals surface area contributed by atoms with Crippen LogP contribution in [0.2, 0.25) is 0 Å². The molecule has 0 spiro atoms. The van der Waals surface area contributed by atoms with Crippen molar-refractivity contribution < 1.29 is 9.32 Å². The van der Waals surface area contributed by atoms with E-state index in [9.17, 15) is 4.79 Å². The van der Waals surface area contributed by atoms with E-state index < -0.39 is 0 Å². The van der Waals surface area contributed by atoms with E-state index in [1.165, 1.54) is 0 Å². The molecule has 2 rings (SSSR count). The van der Waals surface area contributed by atoms with Crippen LogP contribution in [0.3, 0.4) is 0 Å². The summed E-state index contributed by atoms with van der Waals surface area (Å²) in [5.41, 5.74) is 3.49. The normalized spacial score (nSPS) is 10.8. The first-order chi connectivity index (χ1) is 8.11. The minimum absolute atomic E-state index is 0.652. The van der Waals surface area contributed by atoms with E-state index >= 15 is 0 Å². The SMILES string of the molecule is Cc1noc(C)c1CCc1nn(C)cc1C=O. The zero-order chi connectivity index (χ0) is 12.4. The Morgan fingerprint density at radius 2 is 2.18 bits per heavy atom. The molecule has 17 heavy (non-hydrogen) atoms. The predicted octanol–water partition coefficient (Wildman–Crippen LogP) is 1.62. The van der Waals surface area contributed by atoms with Gasteiger partial charge in [0.25, 0.3) is 0 Å². The molecule has 0 saturated heterocycles. The van der Waals surface area contributed by atoms with Crippen LogP contribution in [0.4, 0.5) is 0 Å². The Balaban J connectivity index is 2.15. The van der Waals surface area contributed by atoms with Gasteiger partial charge in [-0.1, -0.05) is 5.16 Å². The fourth-order valence-electron chi connectivity index (χ4n) is 1.95. The lowest BCUT2D eigenvalue weighted by molar-refractivity contribution is 0.112. The molecule has 0 fully saturated rings. The van der Waals surface area contributed by atoms with Crippen molar-refractivity contribution in [3.8, 4) is 0 Å². The van der Waals surface area contributed by atoms with E-state index in [0.29, 0.717) is 5.56 Å². The number of nitrogens with zero attached hydrogens (tertiary/aromatic N) is 3. The molecule has 0 atom stereocenters. The number of hydrogen-bond donors (Lipinski definition) is 0. The first-order valence-corrected chi connectivity index (χ1v) is 5.51. The molecule has 0 unspecified atom stereocenters. The lowest BCUT2D eigenvalue weighted by Crippen LogP contribution is -1.98. The summed E-state index contributed by atoms with van der Waals surface area (Å²) in [5.74, 6) is 0.839. The van der Waals surface area contributed by atoms with Gasteiger partial charge in [-0.15, -0.1) is 0 Å². The van der Waals surface area contributed by atoms with Crippen molar-refractivity contribution in [3.05, 3.63) is 34.5 Å². The van der Waals surface area contributed by atoms with Crippen LogP contribution in [0.25, 0.3) is 0 Å². The van der Waals surface area contributed by atoms with Gasteiger partial charge in [0.15, 0.2) is 6.29 Å². The Hall–Kier alpha value is -1.91. The molecule has 2 heterocycles. The standard InChI is InChI=1S/C12H15N3O2/c1-8-11(9(2)17-14-8)4-5-12-10(7-16)6-15(3)13-12/h6-7H,4-5H2,1-3H3. The molecule has 0 aliphatic rings. The molecule has 0 aliphatic carbocycles. The average molecular weight is 233 g/mol. The molecule has 5 heteroatoms. The number of carbonyl (C=O) groups excluding carboxylic acids is 1. The quantitative estimate of drug-likeness (QED) is 0.753. The number of rotatable bonds is 4. The van der Waals surface area contributed by atoms with Crippen molar-refractivity contribution in [3.63, 3.8) is 0 Å². The Bertz CT molecular complexity index is 520. The number of hydrogen-bond acceptors (Lipinski definition) is 4. The average Bonchev–Trinajstić information content (AvgIpc) is 2.81. The van der Waals surface area contributed by atoms with Gasteiger partial charge in [-0.2, -0.15) is 5.10 Å². The van der Waals surface area contributed by atoms with Gasteiger partial charge in [-0.05, 0) is 26.7 Å². The van der Waals surface area contributed by atoms with Crippen molar-refractivity contribution in [1.29, 1.82) is 0 Å². The van der Waals surface area contributed by atoms with Crippen LogP contribution >= 0.6 is 0 Å². The number of carbonyl (C=O) groups is 1. The molecule has 0 saturated carbocycles. The summed E-state index contributed by atoms with van der Waals surface area (Å²) in [6, 6.07) is 0. The van der Waals surface area contributed by atoms with Gasteiger partial charge in [-0.3, -0.25) is 9.48 Å². The maximum atomic E-state index is 10.9. The molecule has 0 radical (unpaired) electrons. The molecule has 2 aromatic heterocycles. The number of aldehydes is 1. The van der Waals surface area contributed by atoms with Gasteiger partial charge in [-0.25, -0.2) is 0 Å². The van der Waals surface area contributed by atoms with E-state index in [2.05, 4.69) is 10.3 Å². The molecule has 90 valence electrons. The molecule has 5 nitrogen and oxygen atoms in total. The highest BCUT2D eigenvalue weighted by Crippen LogP contribution is 2.15. The van der Waals surface area contributed by atoms with Gasteiger partial charge >= 0.3 is 0 Å². The molecule has 0 aromatic carbocycles. The second-order valence-corrected chi connectivity index (χ2v) is 4.13. The monoisotopic (exact) mass is 233 g/mol. The van der Waals surface area contributed by atoms with Crippen LogP contribution in [-0.4, -0.2) is 21.2 Å². The van der Waals surface area contributed by atoms with Crippen LogP contribution in [0.5, 0.6) is 0 Å². The smallest absolute Gasteiger partial charge is 0.153 e. The summed E-state index contributed by atoms with van der Waals surface area (Å²) in [6.45, 7) is 3.82. The van der Waals surface area contributed by atoms with Gasteiger partial charge in [0.1, 0.15) is 5.76 Å². The van der Waals surface area contributed by atoms with Crippen LogP contribution < -0.4 is 0 Å². The molecule has 2 aromatic rings. The molecule has 0 bridgehead atoms. The summed E-state index contributed by atoms with van der Waals surface area (Å²) >= 11 is 0. The van der Waals surface area contributed by atoms with Crippen molar-refractivity contribution in [2.75, 3.05) is 0 Å². The fourth-order valence-corrected chi connectivity index (χ4v) is 1.95.